The van der Waals surface area contributed by atoms with Crippen LogP contribution >= 0.6 is 11.6 Å². The zero-order chi connectivity index (χ0) is 19.6. The number of nitrogens with zero attached hydrogens (tertiary/aromatic N) is 3. The first-order chi connectivity index (χ1) is 13.7. The summed E-state index contributed by atoms with van der Waals surface area (Å²) >= 11 is 5.83. The van der Waals surface area contributed by atoms with Crippen LogP contribution in [0.25, 0.3) is 6.08 Å². The van der Waals surface area contributed by atoms with Crippen LogP contribution in [-0.4, -0.2) is 34.2 Å². The van der Waals surface area contributed by atoms with E-state index in [0.29, 0.717) is 35.6 Å². The number of pyridine rings is 1. The van der Waals surface area contributed by atoms with Gasteiger partial charge < -0.3 is 16.0 Å². The third-order valence-electron chi connectivity index (χ3n) is 3.61. The second-order valence-corrected chi connectivity index (χ2v) is 6.18. The summed E-state index contributed by atoms with van der Waals surface area (Å²) in [5.41, 5.74) is 0.910. The summed E-state index contributed by atoms with van der Waals surface area (Å²) in [4.78, 5) is 16.0. The number of carbonyl (C=O) groups excluding carboxylic acids is 1. The zero-order valence-corrected chi connectivity index (χ0v) is 15.7. The van der Waals surface area contributed by atoms with Crippen molar-refractivity contribution in [1.29, 1.82) is 0 Å². The minimum atomic E-state index is -0.169. The SMILES string of the molecule is O=C(/C=C/c1ccc(Cl)cc1)NCCNc1ccc(Nc2ccccn2)nn1. The van der Waals surface area contributed by atoms with Crippen LogP contribution in [0.1, 0.15) is 5.56 Å². The number of aromatic nitrogens is 3. The van der Waals surface area contributed by atoms with Crippen molar-refractivity contribution in [1.82, 2.24) is 20.5 Å². The largest absolute Gasteiger partial charge is 0.367 e. The number of rotatable bonds is 8. The molecule has 3 aromatic rings. The number of halogens is 1. The van der Waals surface area contributed by atoms with Crippen LogP contribution in [0.15, 0.2) is 66.9 Å². The smallest absolute Gasteiger partial charge is 0.244 e. The molecule has 7 nitrogen and oxygen atoms in total. The van der Waals surface area contributed by atoms with Gasteiger partial charge in [-0.2, -0.15) is 0 Å². The van der Waals surface area contributed by atoms with Crippen LogP contribution < -0.4 is 16.0 Å². The molecule has 0 bridgehead atoms. The van der Waals surface area contributed by atoms with Gasteiger partial charge in [0.15, 0.2) is 5.82 Å². The van der Waals surface area contributed by atoms with Gasteiger partial charge in [0, 0.05) is 30.4 Å². The zero-order valence-electron chi connectivity index (χ0n) is 15.0. The Labute approximate surface area is 167 Å². The molecule has 0 spiro atoms. The van der Waals surface area contributed by atoms with Crippen molar-refractivity contribution >= 4 is 41.0 Å². The molecule has 2 aromatic heterocycles. The number of benzene rings is 1. The summed E-state index contributed by atoms with van der Waals surface area (Å²) < 4.78 is 0. The summed E-state index contributed by atoms with van der Waals surface area (Å²) in [5.74, 6) is 1.76. The number of carbonyl (C=O) groups is 1. The standard InChI is InChI=1S/C20H19ClN6O/c21-16-7-4-15(5-8-16)6-11-20(28)24-14-13-23-18-9-10-19(27-26-18)25-17-3-1-2-12-22-17/h1-12H,13-14H2,(H,23,26)(H,24,28)(H,22,25,27)/b11-6+. The van der Waals surface area contributed by atoms with Gasteiger partial charge in [0.2, 0.25) is 5.91 Å². The second kappa shape index (κ2) is 10.0. The molecule has 1 aromatic carbocycles. The highest BCUT2D eigenvalue weighted by Gasteiger charge is 2.00. The van der Waals surface area contributed by atoms with E-state index in [1.807, 2.05) is 30.3 Å². The van der Waals surface area contributed by atoms with Gasteiger partial charge >= 0.3 is 0 Å². The summed E-state index contributed by atoms with van der Waals surface area (Å²) in [5, 5.41) is 17.8. The third kappa shape index (κ3) is 6.37. The van der Waals surface area contributed by atoms with E-state index in [2.05, 4.69) is 31.1 Å². The van der Waals surface area contributed by atoms with Crippen molar-refractivity contribution in [2.24, 2.45) is 0 Å². The Balaban J connectivity index is 1.37. The van der Waals surface area contributed by atoms with Crippen molar-refractivity contribution in [3.05, 3.63) is 77.5 Å². The summed E-state index contributed by atoms with van der Waals surface area (Å²) in [6, 6.07) is 16.4. The van der Waals surface area contributed by atoms with Crippen LogP contribution in [0.2, 0.25) is 5.02 Å². The van der Waals surface area contributed by atoms with E-state index in [0.717, 1.165) is 5.56 Å². The van der Waals surface area contributed by atoms with Gasteiger partial charge in [-0.05, 0) is 48.0 Å². The van der Waals surface area contributed by atoms with Gasteiger partial charge in [0.25, 0.3) is 0 Å². The molecule has 142 valence electrons. The Morgan fingerprint density at radius 2 is 1.71 bits per heavy atom. The first-order valence-corrected chi connectivity index (χ1v) is 9.04. The normalized spacial score (nSPS) is 10.6. The van der Waals surface area contributed by atoms with E-state index in [-0.39, 0.29) is 5.91 Å². The molecule has 0 saturated heterocycles. The van der Waals surface area contributed by atoms with Crippen molar-refractivity contribution in [3.8, 4) is 0 Å². The van der Waals surface area contributed by atoms with E-state index in [9.17, 15) is 4.79 Å². The Bertz CT molecular complexity index is 914. The summed E-state index contributed by atoms with van der Waals surface area (Å²) in [6.45, 7) is 0.988. The Morgan fingerprint density at radius 1 is 0.929 bits per heavy atom. The predicted octanol–water partition coefficient (Wildman–Crippen LogP) is 3.51. The molecule has 2 heterocycles. The van der Waals surface area contributed by atoms with Gasteiger partial charge in [0.1, 0.15) is 11.6 Å². The van der Waals surface area contributed by atoms with Crippen LogP contribution in [-0.2, 0) is 4.79 Å². The number of anilines is 3. The van der Waals surface area contributed by atoms with Crippen molar-refractivity contribution in [2.45, 2.75) is 0 Å². The Hall–Kier alpha value is -3.45. The molecule has 3 N–H and O–H groups in total. The number of amides is 1. The molecule has 8 heteroatoms. The topological polar surface area (TPSA) is 91.8 Å². The number of hydrogen-bond acceptors (Lipinski definition) is 6. The maximum absolute atomic E-state index is 11.8. The molecule has 0 radical (unpaired) electrons. The summed E-state index contributed by atoms with van der Waals surface area (Å²) in [7, 11) is 0. The molecule has 1 amide bonds. The molecular weight excluding hydrogens is 376 g/mol. The van der Waals surface area contributed by atoms with E-state index in [1.54, 1.807) is 36.5 Å². The molecule has 28 heavy (non-hydrogen) atoms. The van der Waals surface area contributed by atoms with Gasteiger partial charge in [-0.25, -0.2) is 4.98 Å². The molecule has 0 aliphatic heterocycles. The highest BCUT2D eigenvalue weighted by atomic mass is 35.5. The fourth-order valence-corrected chi connectivity index (χ4v) is 2.37. The fourth-order valence-electron chi connectivity index (χ4n) is 2.24. The van der Waals surface area contributed by atoms with E-state index < -0.39 is 0 Å². The summed E-state index contributed by atoms with van der Waals surface area (Å²) in [6.07, 6.45) is 4.92. The monoisotopic (exact) mass is 394 g/mol. The molecule has 0 unspecified atom stereocenters. The van der Waals surface area contributed by atoms with E-state index in [1.165, 1.54) is 6.08 Å². The lowest BCUT2D eigenvalue weighted by atomic mass is 10.2. The average molecular weight is 395 g/mol. The maximum Gasteiger partial charge on any atom is 0.244 e. The van der Waals surface area contributed by atoms with Crippen molar-refractivity contribution in [2.75, 3.05) is 23.7 Å². The number of nitrogens with one attached hydrogen (secondary N) is 3. The molecule has 0 saturated carbocycles. The highest BCUT2D eigenvalue weighted by molar-refractivity contribution is 6.30. The molecule has 0 aliphatic carbocycles. The lowest BCUT2D eigenvalue weighted by Crippen LogP contribution is -2.27. The van der Waals surface area contributed by atoms with Gasteiger partial charge in [-0.1, -0.05) is 29.8 Å². The van der Waals surface area contributed by atoms with Crippen LogP contribution in [0.3, 0.4) is 0 Å². The fraction of sp³-hybridized carbons (Fsp3) is 0.100. The van der Waals surface area contributed by atoms with Crippen LogP contribution in [0.4, 0.5) is 17.5 Å². The van der Waals surface area contributed by atoms with E-state index >= 15 is 0 Å². The van der Waals surface area contributed by atoms with Crippen LogP contribution in [0.5, 0.6) is 0 Å². The molecule has 3 rings (SSSR count). The minimum absolute atomic E-state index is 0.169. The number of hydrogen-bond donors (Lipinski definition) is 3. The lowest BCUT2D eigenvalue weighted by molar-refractivity contribution is -0.116. The minimum Gasteiger partial charge on any atom is -0.367 e. The average Bonchev–Trinajstić information content (AvgIpc) is 2.73. The second-order valence-electron chi connectivity index (χ2n) is 5.75. The molecule has 0 aliphatic rings. The lowest BCUT2D eigenvalue weighted by Gasteiger charge is -2.07. The molecular formula is C20H19ClN6O. The van der Waals surface area contributed by atoms with Gasteiger partial charge in [0.05, 0.1) is 0 Å². The van der Waals surface area contributed by atoms with Crippen molar-refractivity contribution in [3.63, 3.8) is 0 Å². The Kier molecular flexibility index (Phi) is 6.92. The third-order valence-corrected chi connectivity index (χ3v) is 3.87. The van der Waals surface area contributed by atoms with Crippen LogP contribution in [0, 0.1) is 0 Å². The first kappa shape index (κ1) is 19.3. The Morgan fingerprint density at radius 3 is 2.43 bits per heavy atom. The molecule has 0 fully saturated rings. The first-order valence-electron chi connectivity index (χ1n) is 8.66. The van der Waals surface area contributed by atoms with Gasteiger partial charge in [-0.3, -0.25) is 4.79 Å². The van der Waals surface area contributed by atoms with Gasteiger partial charge in [-0.15, -0.1) is 10.2 Å². The highest BCUT2D eigenvalue weighted by Crippen LogP contribution is 2.12. The predicted molar refractivity (Wildman–Crippen MR) is 112 cm³/mol. The van der Waals surface area contributed by atoms with E-state index in [4.69, 9.17) is 11.6 Å². The quantitative estimate of drug-likeness (QED) is 0.400. The van der Waals surface area contributed by atoms with Crippen molar-refractivity contribution < 1.29 is 4.79 Å². The maximum atomic E-state index is 11.8. The molecule has 0 atom stereocenters.